The molecule has 3 N–H and O–H groups in total. The van der Waals surface area contributed by atoms with Gasteiger partial charge in [-0.15, -0.1) is 0 Å². The van der Waals surface area contributed by atoms with Crippen molar-refractivity contribution < 1.29 is 4.42 Å². The quantitative estimate of drug-likeness (QED) is 0.852. The van der Waals surface area contributed by atoms with Gasteiger partial charge in [0, 0.05) is 19.0 Å². The first-order chi connectivity index (χ1) is 8.74. The van der Waals surface area contributed by atoms with Gasteiger partial charge >= 0.3 is 0 Å². The second kappa shape index (κ2) is 4.71. The summed E-state index contributed by atoms with van der Waals surface area (Å²) in [5.74, 6) is 0.700. The number of nitrogens with one attached hydrogen (secondary N) is 1. The third kappa shape index (κ3) is 2.13. The van der Waals surface area contributed by atoms with Crippen LogP contribution in [0.3, 0.4) is 0 Å². The minimum atomic E-state index is 0.0340. The van der Waals surface area contributed by atoms with Gasteiger partial charge in [0.15, 0.2) is 11.5 Å². The Morgan fingerprint density at radius 2 is 2.33 bits per heavy atom. The molecule has 96 valence electrons. The third-order valence-electron chi connectivity index (χ3n) is 3.69. The maximum atomic E-state index is 6.35. The lowest BCUT2D eigenvalue weighted by atomic mass is 9.93. The lowest BCUT2D eigenvalue weighted by Crippen LogP contribution is -2.42. The van der Waals surface area contributed by atoms with Crippen molar-refractivity contribution in [3.8, 4) is 0 Å². The van der Waals surface area contributed by atoms with Crippen LogP contribution >= 0.6 is 0 Å². The summed E-state index contributed by atoms with van der Waals surface area (Å²) >= 11 is 0. The normalized spacial score (nSPS) is 22.2. The van der Waals surface area contributed by atoms with Crippen LogP contribution in [0.2, 0.25) is 0 Å². The number of fused-ring (bicyclic) bond motifs is 1. The molecule has 2 atom stereocenters. The minimum Gasteiger partial charge on any atom is -0.441 e. The van der Waals surface area contributed by atoms with E-state index in [1.165, 1.54) is 12.8 Å². The van der Waals surface area contributed by atoms with Gasteiger partial charge in [0.2, 0.25) is 0 Å². The number of aromatic nitrogens is 1. The van der Waals surface area contributed by atoms with Crippen LogP contribution in [0.15, 0.2) is 22.6 Å². The Labute approximate surface area is 107 Å². The van der Waals surface area contributed by atoms with Gasteiger partial charge in [-0.1, -0.05) is 12.5 Å². The maximum Gasteiger partial charge on any atom is 0.192 e. The summed E-state index contributed by atoms with van der Waals surface area (Å²) < 4.78 is 5.48. The zero-order valence-electron chi connectivity index (χ0n) is 10.6. The van der Waals surface area contributed by atoms with Crippen molar-refractivity contribution in [2.75, 3.05) is 6.54 Å². The summed E-state index contributed by atoms with van der Waals surface area (Å²) in [6.07, 6.45) is 3.67. The molecule has 2 heterocycles. The third-order valence-corrected chi connectivity index (χ3v) is 3.69. The molecule has 4 nitrogen and oxygen atoms in total. The van der Waals surface area contributed by atoms with E-state index in [-0.39, 0.29) is 6.04 Å². The molecule has 0 bridgehead atoms. The van der Waals surface area contributed by atoms with Gasteiger partial charge in [-0.2, -0.15) is 0 Å². The number of hydrogen-bond acceptors (Lipinski definition) is 4. The van der Waals surface area contributed by atoms with Crippen molar-refractivity contribution in [3.63, 3.8) is 0 Å². The molecular formula is C14H19N3O. The molecule has 4 heteroatoms. The molecule has 1 aromatic heterocycles. The fourth-order valence-corrected chi connectivity index (χ4v) is 2.68. The largest absolute Gasteiger partial charge is 0.441 e. The molecule has 2 unspecified atom stereocenters. The summed E-state index contributed by atoms with van der Waals surface area (Å²) in [4.78, 5) is 4.36. The number of nitrogens with two attached hydrogens (primary N) is 1. The van der Waals surface area contributed by atoms with Crippen molar-refractivity contribution in [3.05, 3.63) is 29.7 Å². The highest BCUT2D eigenvalue weighted by Gasteiger charge is 2.21. The van der Waals surface area contributed by atoms with Gasteiger partial charge in [-0.05, 0) is 37.1 Å². The molecule has 0 radical (unpaired) electrons. The van der Waals surface area contributed by atoms with E-state index < -0.39 is 0 Å². The standard InChI is InChI=1S/C14H19N3O/c1-9-17-12-8-10(5-6-13(12)18-9)14(15)11-4-2-3-7-16-11/h5-6,8,11,14,16H,2-4,7,15H2,1H3. The Bertz CT molecular complexity index is 543. The highest BCUT2D eigenvalue weighted by molar-refractivity contribution is 5.73. The van der Waals surface area contributed by atoms with Gasteiger partial charge in [0.25, 0.3) is 0 Å². The average Bonchev–Trinajstić information content (AvgIpc) is 2.78. The maximum absolute atomic E-state index is 6.35. The highest BCUT2D eigenvalue weighted by Crippen LogP contribution is 2.24. The summed E-state index contributed by atoms with van der Waals surface area (Å²) in [6.45, 7) is 2.94. The van der Waals surface area contributed by atoms with Gasteiger partial charge in [-0.3, -0.25) is 0 Å². The Morgan fingerprint density at radius 1 is 1.44 bits per heavy atom. The molecule has 18 heavy (non-hydrogen) atoms. The molecule has 1 fully saturated rings. The van der Waals surface area contributed by atoms with Gasteiger partial charge in [0.05, 0.1) is 0 Å². The second-order valence-corrected chi connectivity index (χ2v) is 5.04. The molecule has 0 saturated carbocycles. The predicted molar refractivity (Wildman–Crippen MR) is 71.3 cm³/mol. The van der Waals surface area contributed by atoms with Crippen molar-refractivity contribution in [1.82, 2.24) is 10.3 Å². The van der Waals surface area contributed by atoms with Crippen LogP contribution in [0.1, 0.15) is 36.8 Å². The molecule has 0 aliphatic carbocycles. The van der Waals surface area contributed by atoms with E-state index in [0.717, 1.165) is 29.6 Å². The van der Waals surface area contributed by atoms with E-state index in [9.17, 15) is 0 Å². The Balaban J connectivity index is 1.88. The fourth-order valence-electron chi connectivity index (χ4n) is 2.68. The summed E-state index contributed by atoms with van der Waals surface area (Å²) in [5, 5.41) is 3.50. The summed E-state index contributed by atoms with van der Waals surface area (Å²) in [7, 11) is 0. The van der Waals surface area contributed by atoms with E-state index in [2.05, 4.69) is 10.3 Å². The Hall–Kier alpha value is -1.39. The lowest BCUT2D eigenvalue weighted by Gasteiger charge is -2.29. The number of rotatable bonds is 2. The summed E-state index contributed by atoms with van der Waals surface area (Å²) in [6, 6.07) is 6.48. The lowest BCUT2D eigenvalue weighted by molar-refractivity contribution is 0.354. The molecule has 3 rings (SSSR count). The van der Waals surface area contributed by atoms with E-state index in [1.54, 1.807) is 0 Å². The number of aryl methyl sites for hydroxylation is 1. The summed E-state index contributed by atoms with van der Waals surface area (Å²) in [5.41, 5.74) is 9.21. The van der Waals surface area contributed by atoms with Crippen molar-refractivity contribution in [2.45, 2.75) is 38.3 Å². The van der Waals surface area contributed by atoms with Crippen LogP contribution < -0.4 is 11.1 Å². The molecule has 2 aromatic rings. The average molecular weight is 245 g/mol. The number of benzene rings is 1. The van der Waals surface area contributed by atoms with Crippen LogP contribution in [0.25, 0.3) is 11.1 Å². The van der Waals surface area contributed by atoms with Gasteiger partial charge in [-0.25, -0.2) is 4.98 Å². The van der Waals surface area contributed by atoms with E-state index in [1.807, 2.05) is 25.1 Å². The monoisotopic (exact) mass is 245 g/mol. The number of piperidine rings is 1. The van der Waals surface area contributed by atoms with Crippen LogP contribution in [-0.4, -0.2) is 17.6 Å². The molecular weight excluding hydrogens is 226 g/mol. The van der Waals surface area contributed by atoms with Crippen molar-refractivity contribution in [1.29, 1.82) is 0 Å². The fraction of sp³-hybridized carbons (Fsp3) is 0.500. The SMILES string of the molecule is Cc1nc2cc(C(N)C3CCCCN3)ccc2o1. The number of nitrogens with zero attached hydrogens (tertiary/aromatic N) is 1. The molecule has 1 saturated heterocycles. The number of hydrogen-bond donors (Lipinski definition) is 2. The van der Waals surface area contributed by atoms with Crippen LogP contribution in [-0.2, 0) is 0 Å². The van der Waals surface area contributed by atoms with E-state index in [0.29, 0.717) is 11.9 Å². The van der Waals surface area contributed by atoms with Crippen LogP contribution in [0.4, 0.5) is 0 Å². The van der Waals surface area contributed by atoms with Gasteiger partial charge < -0.3 is 15.5 Å². The van der Waals surface area contributed by atoms with Crippen molar-refractivity contribution in [2.24, 2.45) is 5.73 Å². The molecule has 1 aliphatic rings. The van der Waals surface area contributed by atoms with Crippen molar-refractivity contribution >= 4 is 11.1 Å². The topological polar surface area (TPSA) is 64.1 Å². The molecule has 1 aliphatic heterocycles. The molecule has 1 aromatic carbocycles. The Morgan fingerprint density at radius 3 is 3.11 bits per heavy atom. The first kappa shape index (κ1) is 11.7. The van der Waals surface area contributed by atoms with Crippen LogP contribution in [0, 0.1) is 6.92 Å². The zero-order valence-corrected chi connectivity index (χ0v) is 10.6. The van der Waals surface area contributed by atoms with E-state index in [4.69, 9.17) is 10.2 Å². The zero-order chi connectivity index (χ0) is 12.5. The smallest absolute Gasteiger partial charge is 0.192 e. The predicted octanol–water partition coefficient (Wildman–Crippen LogP) is 2.28. The first-order valence-corrected chi connectivity index (χ1v) is 6.60. The Kier molecular flexibility index (Phi) is 3.06. The first-order valence-electron chi connectivity index (χ1n) is 6.60. The van der Waals surface area contributed by atoms with Gasteiger partial charge in [0.1, 0.15) is 5.52 Å². The molecule has 0 spiro atoms. The highest BCUT2D eigenvalue weighted by atomic mass is 16.3. The minimum absolute atomic E-state index is 0.0340. The van der Waals surface area contributed by atoms with Crippen LogP contribution in [0.5, 0.6) is 0 Å². The molecule has 0 amide bonds. The number of oxazole rings is 1. The second-order valence-electron chi connectivity index (χ2n) is 5.04. The van der Waals surface area contributed by atoms with E-state index >= 15 is 0 Å².